The summed E-state index contributed by atoms with van der Waals surface area (Å²) < 4.78 is 10.5. The lowest BCUT2D eigenvalue weighted by Gasteiger charge is -2.25. The number of carbonyl (C=O) groups excluding carboxylic acids is 1. The van der Waals surface area contributed by atoms with Gasteiger partial charge in [0.25, 0.3) is 5.91 Å². The van der Waals surface area contributed by atoms with Gasteiger partial charge in [-0.2, -0.15) is 4.98 Å². The summed E-state index contributed by atoms with van der Waals surface area (Å²) in [5.41, 5.74) is 2.45. The maximum atomic E-state index is 13.1. The second-order valence-electron chi connectivity index (χ2n) is 6.24. The molecule has 2 aliphatic heterocycles. The van der Waals surface area contributed by atoms with E-state index in [0.717, 1.165) is 25.2 Å². The van der Waals surface area contributed by atoms with Crippen LogP contribution in [0.15, 0.2) is 34.9 Å². The third kappa shape index (κ3) is 2.67. The number of amides is 1. The Morgan fingerprint density at radius 3 is 3.17 bits per heavy atom. The smallest absolute Gasteiger partial charge is 0.394 e. The molecular weight excluding hydrogens is 306 g/mol. The molecular formula is C18H21N3O3. The lowest BCUT2D eigenvalue weighted by molar-refractivity contribution is 0.0976. The predicted octanol–water partition coefficient (Wildman–Crippen LogP) is 2.70. The molecule has 2 aromatic rings. The summed E-state index contributed by atoms with van der Waals surface area (Å²) in [7, 11) is 0. The van der Waals surface area contributed by atoms with Crippen LogP contribution >= 0.6 is 0 Å². The maximum Gasteiger partial charge on any atom is 0.394 e. The highest BCUT2D eigenvalue weighted by Crippen LogP contribution is 2.32. The number of hydrogen-bond donors (Lipinski definition) is 0. The molecule has 0 N–H and O–H groups in total. The van der Waals surface area contributed by atoms with Crippen LogP contribution in [-0.2, 0) is 6.54 Å². The Hall–Kier alpha value is -2.34. The number of para-hydroxylation sites is 1. The standard InChI is InChI=1S/C18H21N3O3/c1-2-23-18-19-15(12-24-18)17(22)21-11-14-7-5-9-20(14)10-13-6-3-4-8-16(13)21/h3-4,6,8,12,14H,2,5,7,9-11H2,1H3. The molecule has 1 fully saturated rings. The molecule has 1 amide bonds. The van der Waals surface area contributed by atoms with E-state index < -0.39 is 0 Å². The summed E-state index contributed by atoms with van der Waals surface area (Å²) in [6, 6.07) is 8.52. The van der Waals surface area contributed by atoms with Crippen LogP contribution in [0, 0.1) is 0 Å². The largest absolute Gasteiger partial charge is 0.450 e. The van der Waals surface area contributed by atoms with Crippen LogP contribution in [0.2, 0.25) is 0 Å². The van der Waals surface area contributed by atoms with Gasteiger partial charge in [-0.3, -0.25) is 9.69 Å². The topological polar surface area (TPSA) is 58.8 Å². The highest BCUT2D eigenvalue weighted by molar-refractivity contribution is 6.05. The number of oxazole rings is 1. The monoisotopic (exact) mass is 327 g/mol. The quantitative estimate of drug-likeness (QED) is 0.867. The van der Waals surface area contributed by atoms with Crippen molar-refractivity contribution in [1.29, 1.82) is 0 Å². The van der Waals surface area contributed by atoms with E-state index in [1.165, 1.54) is 18.2 Å². The Morgan fingerprint density at radius 2 is 2.29 bits per heavy atom. The molecule has 0 bridgehead atoms. The fourth-order valence-corrected chi connectivity index (χ4v) is 3.62. The highest BCUT2D eigenvalue weighted by Gasteiger charge is 2.34. The van der Waals surface area contributed by atoms with Gasteiger partial charge in [0, 0.05) is 24.8 Å². The van der Waals surface area contributed by atoms with Crippen molar-refractivity contribution in [2.24, 2.45) is 0 Å². The molecule has 1 aromatic heterocycles. The Kier molecular flexibility index (Phi) is 3.98. The molecule has 1 atom stereocenters. The second kappa shape index (κ2) is 6.28. The van der Waals surface area contributed by atoms with Gasteiger partial charge in [-0.05, 0) is 37.9 Å². The summed E-state index contributed by atoms with van der Waals surface area (Å²) in [5.74, 6) is -0.133. The van der Waals surface area contributed by atoms with E-state index in [1.807, 2.05) is 30.0 Å². The molecule has 1 saturated heterocycles. The highest BCUT2D eigenvalue weighted by atomic mass is 16.6. The number of aromatic nitrogens is 1. The Labute approximate surface area is 141 Å². The molecule has 126 valence electrons. The summed E-state index contributed by atoms with van der Waals surface area (Å²) in [5, 5.41) is 0. The molecule has 0 saturated carbocycles. The first kappa shape index (κ1) is 15.2. The van der Waals surface area contributed by atoms with Crippen LogP contribution in [-0.4, -0.2) is 41.5 Å². The third-order valence-electron chi connectivity index (χ3n) is 4.76. The van der Waals surface area contributed by atoms with E-state index in [1.54, 1.807) is 0 Å². The zero-order valence-corrected chi connectivity index (χ0v) is 13.8. The van der Waals surface area contributed by atoms with Crippen LogP contribution in [0.3, 0.4) is 0 Å². The molecule has 2 aliphatic rings. The van der Waals surface area contributed by atoms with Crippen LogP contribution in [0.4, 0.5) is 5.69 Å². The minimum Gasteiger partial charge on any atom is -0.450 e. The number of nitrogens with zero attached hydrogens (tertiary/aromatic N) is 3. The normalized spacial score (nSPS) is 20.4. The lowest BCUT2D eigenvalue weighted by Crippen LogP contribution is -2.40. The summed E-state index contributed by atoms with van der Waals surface area (Å²) >= 11 is 0. The first-order valence-electron chi connectivity index (χ1n) is 8.48. The van der Waals surface area contributed by atoms with Crippen molar-refractivity contribution in [2.75, 3.05) is 24.6 Å². The van der Waals surface area contributed by atoms with Gasteiger partial charge in [0.05, 0.1) is 6.61 Å². The molecule has 6 heteroatoms. The van der Waals surface area contributed by atoms with E-state index >= 15 is 0 Å². The van der Waals surface area contributed by atoms with Crippen molar-refractivity contribution in [3.63, 3.8) is 0 Å². The average molecular weight is 327 g/mol. The molecule has 4 rings (SSSR count). The predicted molar refractivity (Wildman–Crippen MR) is 89.2 cm³/mol. The number of hydrogen-bond acceptors (Lipinski definition) is 5. The first-order valence-corrected chi connectivity index (χ1v) is 8.48. The number of carbonyl (C=O) groups is 1. The van der Waals surface area contributed by atoms with Crippen molar-refractivity contribution in [2.45, 2.75) is 32.4 Å². The fraction of sp³-hybridized carbons (Fsp3) is 0.444. The number of ether oxygens (including phenoxy) is 1. The summed E-state index contributed by atoms with van der Waals surface area (Å²) in [6.45, 7) is 4.99. The lowest BCUT2D eigenvalue weighted by atomic mass is 10.1. The zero-order valence-electron chi connectivity index (χ0n) is 13.8. The van der Waals surface area contributed by atoms with Crippen molar-refractivity contribution < 1.29 is 13.9 Å². The van der Waals surface area contributed by atoms with E-state index in [4.69, 9.17) is 9.15 Å². The maximum absolute atomic E-state index is 13.1. The Bertz CT molecular complexity index is 743. The van der Waals surface area contributed by atoms with Crippen molar-refractivity contribution in [1.82, 2.24) is 9.88 Å². The van der Waals surface area contributed by atoms with Crippen LogP contribution in [0.5, 0.6) is 6.08 Å². The molecule has 3 heterocycles. The van der Waals surface area contributed by atoms with Gasteiger partial charge in [-0.1, -0.05) is 18.2 Å². The van der Waals surface area contributed by atoms with E-state index in [0.29, 0.717) is 24.9 Å². The average Bonchev–Trinajstić information content (AvgIpc) is 3.20. The Balaban J connectivity index is 1.68. The van der Waals surface area contributed by atoms with Crippen molar-refractivity contribution >= 4 is 11.6 Å². The fourth-order valence-electron chi connectivity index (χ4n) is 3.62. The third-order valence-corrected chi connectivity index (χ3v) is 4.76. The summed E-state index contributed by atoms with van der Waals surface area (Å²) in [6.07, 6.45) is 3.84. The summed E-state index contributed by atoms with van der Waals surface area (Å²) in [4.78, 5) is 21.5. The van der Waals surface area contributed by atoms with E-state index in [9.17, 15) is 4.79 Å². The molecule has 0 radical (unpaired) electrons. The molecule has 0 aliphatic carbocycles. The molecule has 24 heavy (non-hydrogen) atoms. The minimum atomic E-state index is -0.133. The second-order valence-corrected chi connectivity index (χ2v) is 6.24. The van der Waals surface area contributed by atoms with E-state index in [2.05, 4.69) is 16.0 Å². The van der Waals surface area contributed by atoms with Crippen molar-refractivity contribution in [3.05, 3.63) is 41.8 Å². The molecule has 0 spiro atoms. The number of benzene rings is 1. The number of rotatable bonds is 3. The van der Waals surface area contributed by atoms with Gasteiger partial charge >= 0.3 is 6.08 Å². The van der Waals surface area contributed by atoms with Crippen LogP contribution in [0.1, 0.15) is 35.8 Å². The Morgan fingerprint density at radius 1 is 1.42 bits per heavy atom. The van der Waals surface area contributed by atoms with E-state index in [-0.39, 0.29) is 12.0 Å². The van der Waals surface area contributed by atoms with Crippen molar-refractivity contribution in [3.8, 4) is 6.08 Å². The minimum absolute atomic E-state index is 0.133. The van der Waals surface area contributed by atoms with Crippen LogP contribution < -0.4 is 9.64 Å². The molecule has 1 aromatic carbocycles. The number of fused-ring (bicyclic) bond motifs is 2. The van der Waals surface area contributed by atoms with Gasteiger partial charge in [-0.25, -0.2) is 0 Å². The molecule has 1 unspecified atom stereocenters. The SMILES string of the molecule is CCOc1nc(C(=O)N2CC3CCCN3Cc3ccccc32)co1. The first-order chi connectivity index (χ1) is 11.8. The van der Waals surface area contributed by atoms with Gasteiger partial charge in [-0.15, -0.1) is 0 Å². The zero-order chi connectivity index (χ0) is 16.5. The van der Waals surface area contributed by atoms with Gasteiger partial charge in [0.1, 0.15) is 6.26 Å². The van der Waals surface area contributed by atoms with Gasteiger partial charge in [0.2, 0.25) is 0 Å². The van der Waals surface area contributed by atoms with Gasteiger partial charge in [0.15, 0.2) is 5.69 Å². The number of anilines is 1. The molecule has 6 nitrogen and oxygen atoms in total. The van der Waals surface area contributed by atoms with Crippen LogP contribution in [0.25, 0.3) is 0 Å². The van der Waals surface area contributed by atoms with Gasteiger partial charge < -0.3 is 14.1 Å².